The van der Waals surface area contributed by atoms with Crippen LogP contribution >= 0.6 is 0 Å². The van der Waals surface area contributed by atoms with Crippen molar-refractivity contribution in [2.75, 3.05) is 7.11 Å². The quantitative estimate of drug-likeness (QED) is 0.373. The van der Waals surface area contributed by atoms with E-state index in [-0.39, 0.29) is 11.3 Å². The summed E-state index contributed by atoms with van der Waals surface area (Å²) in [4.78, 5) is 22.0. The van der Waals surface area contributed by atoms with E-state index in [2.05, 4.69) is 0 Å². The first-order chi connectivity index (χ1) is 10.0. The molecule has 0 saturated heterocycles. The number of carbonyl (C=O) groups excluding carboxylic acids is 1. The van der Waals surface area contributed by atoms with E-state index >= 15 is 0 Å². The van der Waals surface area contributed by atoms with Crippen molar-refractivity contribution in [3.8, 4) is 11.5 Å². The van der Waals surface area contributed by atoms with Gasteiger partial charge in [0.05, 0.1) is 17.6 Å². The normalized spacial score (nSPS) is 10.0. The third-order valence-corrected chi connectivity index (χ3v) is 2.84. The number of nitrogens with zero attached hydrogens (tertiary/aromatic N) is 1. The maximum Gasteiger partial charge on any atom is 0.343 e. The van der Waals surface area contributed by atoms with Crippen molar-refractivity contribution in [2.24, 2.45) is 0 Å². The monoisotopic (exact) mass is 287 g/mol. The van der Waals surface area contributed by atoms with Gasteiger partial charge in [-0.1, -0.05) is 6.07 Å². The molecular weight excluding hydrogens is 274 g/mol. The van der Waals surface area contributed by atoms with Crippen molar-refractivity contribution in [1.29, 1.82) is 0 Å². The van der Waals surface area contributed by atoms with E-state index in [1.807, 2.05) is 6.92 Å². The molecule has 6 nitrogen and oxygen atoms in total. The maximum atomic E-state index is 12.0. The summed E-state index contributed by atoms with van der Waals surface area (Å²) in [5.74, 6) is 0.142. The van der Waals surface area contributed by atoms with Crippen LogP contribution < -0.4 is 9.47 Å². The molecule has 0 spiro atoms. The van der Waals surface area contributed by atoms with Crippen LogP contribution in [0.25, 0.3) is 0 Å². The Balaban J connectivity index is 2.19. The number of rotatable bonds is 4. The van der Waals surface area contributed by atoms with Crippen LogP contribution in [0, 0.1) is 17.0 Å². The molecule has 0 aliphatic rings. The van der Waals surface area contributed by atoms with Crippen molar-refractivity contribution in [3.05, 3.63) is 63.7 Å². The smallest absolute Gasteiger partial charge is 0.343 e. The lowest BCUT2D eigenvalue weighted by molar-refractivity contribution is -0.384. The number of methoxy groups -OCH3 is 1. The summed E-state index contributed by atoms with van der Waals surface area (Å²) < 4.78 is 10.4. The highest BCUT2D eigenvalue weighted by atomic mass is 16.6. The Hall–Kier alpha value is -2.89. The van der Waals surface area contributed by atoms with Crippen LogP contribution in [0.5, 0.6) is 11.5 Å². The van der Waals surface area contributed by atoms with Gasteiger partial charge in [-0.25, -0.2) is 4.79 Å². The molecule has 0 bridgehead atoms. The number of aryl methyl sites for hydroxylation is 1. The fraction of sp³-hybridized carbons (Fsp3) is 0.133. The van der Waals surface area contributed by atoms with E-state index in [1.54, 1.807) is 18.2 Å². The predicted molar refractivity (Wildman–Crippen MR) is 75.8 cm³/mol. The number of carbonyl (C=O) groups is 1. The Bertz CT molecular complexity index is 679. The van der Waals surface area contributed by atoms with E-state index in [0.717, 1.165) is 5.56 Å². The molecule has 6 heteroatoms. The second kappa shape index (κ2) is 6.04. The largest absolute Gasteiger partial charge is 0.493 e. The van der Waals surface area contributed by atoms with E-state index in [4.69, 9.17) is 9.47 Å². The molecular formula is C15H13NO5. The molecule has 0 aliphatic carbocycles. The lowest BCUT2D eigenvalue weighted by atomic mass is 10.2. The van der Waals surface area contributed by atoms with Gasteiger partial charge in [-0.05, 0) is 36.8 Å². The van der Waals surface area contributed by atoms with Gasteiger partial charge in [0.2, 0.25) is 0 Å². The zero-order chi connectivity index (χ0) is 15.4. The number of non-ortho nitro benzene ring substituents is 1. The average molecular weight is 287 g/mol. The summed E-state index contributed by atoms with van der Waals surface area (Å²) in [5, 5.41) is 10.6. The first kappa shape index (κ1) is 14.5. The Morgan fingerprint density at radius 3 is 2.33 bits per heavy atom. The van der Waals surface area contributed by atoms with Crippen LogP contribution in [-0.4, -0.2) is 18.0 Å². The molecule has 2 rings (SSSR count). The van der Waals surface area contributed by atoms with Crippen molar-refractivity contribution in [2.45, 2.75) is 6.92 Å². The topological polar surface area (TPSA) is 78.7 Å². The zero-order valence-electron chi connectivity index (χ0n) is 11.5. The van der Waals surface area contributed by atoms with Gasteiger partial charge in [0.1, 0.15) is 0 Å². The van der Waals surface area contributed by atoms with Crippen LogP contribution in [0.15, 0.2) is 42.5 Å². The van der Waals surface area contributed by atoms with Gasteiger partial charge >= 0.3 is 5.97 Å². The Morgan fingerprint density at radius 2 is 1.76 bits per heavy atom. The highest BCUT2D eigenvalue weighted by molar-refractivity contribution is 5.91. The molecule has 0 N–H and O–H groups in total. The number of esters is 1. The highest BCUT2D eigenvalue weighted by Gasteiger charge is 2.14. The number of hydrogen-bond acceptors (Lipinski definition) is 5. The van der Waals surface area contributed by atoms with E-state index in [0.29, 0.717) is 11.5 Å². The number of ether oxygens (including phenoxy) is 2. The van der Waals surface area contributed by atoms with Gasteiger partial charge in [-0.15, -0.1) is 0 Å². The van der Waals surface area contributed by atoms with Crippen molar-refractivity contribution in [1.82, 2.24) is 0 Å². The van der Waals surface area contributed by atoms with Crippen LogP contribution in [0.4, 0.5) is 5.69 Å². The van der Waals surface area contributed by atoms with Crippen molar-refractivity contribution >= 4 is 11.7 Å². The van der Waals surface area contributed by atoms with E-state index in [1.165, 1.54) is 31.4 Å². The molecule has 0 aliphatic heterocycles. The van der Waals surface area contributed by atoms with Gasteiger partial charge in [0, 0.05) is 12.1 Å². The third-order valence-electron chi connectivity index (χ3n) is 2.84. The minimum absolute atomic E-state index is 0.0838. The molecule has 0 aromatic heterocycles. The zero-order valence-corrected chi connectivity index (χ0v) is 11.5. The summed E-state index contributed by atoms with van der Waals surface area (Å²) in [6.45, 7) is 1.89. The number of nitro groups is 1. The Labute approximate surface area is 121 Å². The molecule has 0 amide bonds. The van der Waals surface area contributed by atoms with E-state index < -0.39 is 10.9 Å². The molecule has 0 atom stereocenters. The summed E-state index contributed by atoms with van der Waals surface area (Å²) in [7, 11) is 1.48. The predicted octanol–water partition coefficient (Wildman–Crippen LogP) is 3.13. The second-order valence-corrected chi connectivity index (χ2v) is 4.35. The summed E-state index contributed by atoms with van der Waals surface area (Å²) >= 11 is 0. The first-order valence-electron chi connectivity index (χ1n) is 6.12. The van der Waals surface area contributed by atoms with Gasteiger partial charge in [0.15, 0.2) is 11.5 Å². The summed E-state index contributed by atoms with van der Waals surface area (Å²) in [6, 6.07) is 10.4. The molecule has 2 aromatic carbocycles. The minimum Gasteiger partial charge on any atom is -0.493 e. The molecule has 108 valence electrons. The molecule has 0 saturated carbocycles. The van der Waals surface area contributed by atoms with Crippen molar-refractivity contribution in [3.63, 3.8) is 0 Å². The van der Waals surface area contributed by atoms with Crippen molar-refractivity contribution < 1.29 is 19.2 Å². The van der Waals surface area contributed by atoms with Crippen LogP contribution in [0.1, 0.15) is 15.9 Å². The second-order valence-electron chi connectivity index (χ2n) is 4.35. The molecule has 0 unspecified atom stereocenters. The standard InChI is InChI=1S/C15H13NO5/c1-10-3-8-13(14(9-10)20-2)21-15(17)11-4-6-12(7-5-11)16(18)19/h3-9H,1-2H3. The number of benzene rings is 2. The highest BCUT2D eigenvalue weighted by Crippen LogP contribution is 2.28. The molecule has 0 radical (unpaired) electrons. The third kappa shape index (κ3) is 3.36. The lowest BCUT2D eigenvalue weighted by Gasteiger charge is -2.09. The molecule has 21 heavy (non-hydrogen) atoms. The molecule has 0 heterocycles. The SMILES string of the molecule is COc1cc(C)ccc1OC(=O)c1ccc([N+](=O)[O-])cc1. The van der Waals surface area contributed by atoms with Gasteiger partial charge in [0.25, 0.3) is 5.69 Å². The summed E-state index contributed by atoms with van der Waals surface area (Å²) in [5.41, 5.74) is 1.12. The van der Waals surface area contributed by atoms with Crippen LogP contribution in [-0.2, 0) is 0 Å². The Kier molecular flexibility index (Phi) is 4.18. The van der Waals surface area contributed by atoms with Gasteiger partial charge in [-0.2, -0.15) is 0 Å². The van der Waals surface area contributed by atoms with E-state index in [9.17, 15) is 14.9 Å². The van der Waals surface area contributed by atoms with Gasteiger partial charge in [-0.3, -0.25) is 10.1 Å². The Morgan fingerprint density at radius 1 is 1.10 bits per heavy atom. The van der Waals surface area contributed by atoms with Crippen LogP contribution in [0.3, 0.4) is 0 Å². The molecule has 0 fully saturated rings. The number of nitro benzene ring substituents is 1. The fourth-order valence-electron chi connectivity index (χ4n) is 1.74. The fourth-order valence-corrected chi connectivity index (χ4v) is 1.74. The lowest BCUT2D eigenvalue weighted by Crippen LogP contribution is -2.09. The number of hydrogen-bond donors (Lipinski definition) is 0. The van der Waals surface area contributed by atoms with Gasteiger partial charge < -0.3 is 9.47 Å². The average Bonchev–Trinajstić information content (AvgIpc) is 2.49. The maximum absolute atomic E-state index is 12.0. The first-order valence-corrected chi connectivity index (χ1v) is 6.12. The summed E-state index contributed by atoms with van der Waals surface area (Å²) in [6.07, 6.45) is 0. The van der Waals surface area contributed by atoms with Crippen LogP contribution in [0.2, 0.25) is 0 Å². The molecule has 2 aromatic rings. The minimum atomic E-state index is -0.605.